The minimum atomic E-state index is 0.221. The molecule has 1 saturated heterocycles. The van der Waals surface area contributed by atoms with Gasteiger partial charge in [-0.15, -0.1) is 0 Å². The molecule has 0 aromatic carbocycles. The van der Waals surface area contributed by atoms with Crippen LogP contribution in [0.25, 0.3) is 0 Å². The molecule has 1 aromatic rings. The number of hydrogen-bond acceptors (Lipinski definition) is 2. The summed E-state index contributed by atoms with van der Waals surface area (Å²) in [5, 5.41) is 0. The number of hydrogen-bond donors (Lipinski definition) is 1. The fourth-order valence-corrected chi connectivity index (χ4v) is 1.41. The molecule has 0 saturated carbocycles. The fourth-order valence-electron chi connectivity index (χ4n) is 1.41. The van der Waals surface area contributed by atoms with Gasteiger partial charge in [0, 0.05) is 19.0 Å². The molecule has 2 heterocycles. The van der Waals surface area contributed by atoms with E-state index >= 15 is 0 Å². The van der Waals surface area contributed by atoms with Crippen molar-refractivity contribution in [2.75, 3.05) is 6.61 Å². The molecule has 3 heteroatoms. The van der Waals surface area contributed by atoms with E-state index in [1.807, 2.05) is 6.20 Å². The van der Waals surface area contributed by atoms with Gasteiger partial charge in [0.25, 0.3) is 0 Å². The molecule has 0 bridgehead atoms. The molecule has 60 valence electrons. The molecule has 2 rings (SSSR count). The Bertz CT molecular complexity index is 202. The summed E-state index contributed by atoms with van der Waals surface area (Å²) in [7, 11) is 0. The van der Waals surface area contributed by atoms with Crippen molar-refractivity contribution < 1.29 is 4.74 Å². The van der Waals surface area contributed by atoms with Gasteiger partial charge in [-0.25, -0.2) is 4.98 Å². The van der Waals surface area contributed by atoms with Crippen molar-refractivity contribution in [3.8, 4) is 0 Å². The van der Waals surface area contributed by atoms with Gasteiger partial charge in [0.15, 0.2) is 0 Å². The number of nitrogens with one attached hydrogen (secondary N) is 1. The third-order valence-electron chi connectivity index (χ3n) is 2.00. The molecule has 11 heavy (non-hydrogen) atoms. The molecule has 1 aromatic heterocycles. The van der Waals surface area contributed by atoms with Gasteiger partial charge in [0.2, 0.25) is 0 Å². The van der Waals surface area contributed by atoms with Gasteiger partial charge in [0.1, 0.15) is 11.9 Å². The van der Waals surface area contributed by atoms with Crippen molar-refractivity contribution in [1.82, 2.24) is 9.97 Å². The molecule has 1 aliphatic heterocycles. The zero-order valence-electron chi connectivity index (χ0n) is 6.42. The van der Waals surface area contributed by atoms with E-state index in [1.54, 1.807) is 6.20 Å². The molecular weight excluding hydrogens is 140 g/mol. The van der Waals surface area contributed by atoms with Crippen molar-refractivity contribution in [2.24, 2.45) is 0 Å². The van der Waals surface area contributed by atoms with Gasteiger partial charge in [-0.05, 0) is 19.3 Å². The van der Waals surface area contributed by atoms with Crippen LogP contribution in [0.2, 0.25) is 0 Å². The maximum absolute atomic E-state index is 5.53. The first kappa shape index (κ1) is 6.85. The van der Waals surface area contributed by atoms with Crippen molar-refractivity contribution >= 4 is 0 Å². The van der Waals surface area contributed by atoms with Crippen LogP contribution in [0.4, 0.5) is 0 Å². The predicted octanol–water partition coefficient (Wildman–Crippen LogP) is 1.65. The van der Waals surface area contributed by atoms with E-state index in [-0.39, 0.29) is 6.10 Å². The normalized spacial score (nSPS) is 25.3. The number of rotatable bonds is 1. The first-order valence-corrected chi connectivity index (χ1v) is 4.08. The van der Waals surface area contributed by atoms with E-state index in [1.165, 1.54) is 12.8 Å². The van der Waals surface area contributed by atoms with Gasteiger partial charge in [0.05, 0.1) is 0 Å². The molecule has 0 radical (unpaired) electrons. The monoisotopic (exact) mass is 152 g/mol. The third kappa shape index (κ3) is 1.43. The molecule has 0 spiro atoms. The molecule has 3 nitrogen and oxygen atoms in total. The Morgan fingerprint density at radius 1 is 1.55 bits per heavy atom. The van der Waals surface area contributed by atoms with Gasteiger partial charge in [-0.1, -0.05) is 0 Å². The minimum absolute atomic E-state index is 0.221. The zero-order valence-corrected chi connectivity index (χ0v) is 6.42. The largest absolute Gasteiger partial charge is 0.370 e. The number of nitrogens with zero attached hydrogens (tertiary/aromatic N) is 1. The second-order valence-electron chi connectivity index (χ2n) is 2.83. The number of aromatic amines is 1. The van der Waals surface area contributed by atoms with Crippen molar-refractivity contribution in [3.63, 3.8) is 0 Å². The van der Waals surface area contributed by atoms with Crippen LogP contribution in [0.15, 0.2) is 12.4 Å². The lowest BCUT2D eigenvalue weighted by molar-refractivity contribution is 0.00995. The van der Waals surface area contributed by atoms with E-state index in [0.717, 1.165) is 18.9 Å². The lowest BCUT2D eigenvalue weighted by Gasteiger charge is -2.20. The van der Waals surface area contributed by atoms with Crippen LogP contribution in [-0.2, 0) is 4.74 Å². The molecule has 1 unspecified atom stereocenters. The van der Waals surface area contributed by atoms with Crippen LogP contribution < -0.4 is 0 Å². The van der Waals surface area contributed by atoms with Crippen LogP contribution in [0.1, 0.15) is 31.2 Å². The summed E-state index contributed by atoms with van der Waals surface area (Å²) in [6, 6.07) is 0. The number of H-pyrrole nitrogens is 1. The highest BCUT2D eigenvalue weighted by molar-refractivity contribution is 4.93. The highest BCUT2D eigenvalue weighted by Crippen LogP contribution is 2.24. The fraction of sp³-hybridized carbons (Fsp3) is 0.625. The average Bonchev–Trinajstić information content (AvgIpc) is 2.58. The Morgan fingerprint density at radius 2 is 2.55 bits per heavy atom. The smallest absolute Gasteiger partial charge is 0.135 e. The Labute approximate surface area is 65.8 Å². The van der Waals surface area contributed by atoms with Gasteiger partial charge in [-0.2, -0.15) is 0 Å². The quantitative estimate of drug-likeness (QED) is 0.664. The van der Waals surface area contributed by atoms with E-state index in [2.05, 4.69) is 9.97 Å². The van der Waals surface area contributed by atoms with Gasteiger partial charge in [-0.3, -0.25) is 0 Å². The van der Waals surface area contributed by atoms with E-state index < -0.39 is 0 Å². The Kier molecular flexibility index (Phi) is 1.90. The highest BCUT2D eigenvalue weighted by atomic mass is 16.5. The summed E-state index contributed by atoms with van der Waals surface area (Å²) in [5.41, 5.74) is 0. The van der Waals surface area contributed by atoms with Crippen LogP contribution >= 0.6 is 0 Å². The second kappa shape index (κ2) is 3.05. The molecule has 1 fully saturated rings. The molecule has 0 aliphatic carbocycles. The van der Waals surface area contributed by atoms with Crippen LogP contribution in [0.3, 0.4) is 0 Å². The van der Waals surface area contributed by atoms with E-state index in [4.69, 9.17) is 4.74 Å². The lowest BCUT2D eigenvalue weighted by Crippen LogP contribution is -2.12. The van der Waals surface area contributed by atoms with Crippen molar-refractivity contribution in [1.29, 1.82) is 0 Å². The summed E-state index contributed by atoms with van der Waals surface area (Å²) >= 11 is 0. The summed E-state index contributed by atoms with van der Waals surface area (Å²) in [5.74, 6) is 0.977. The molecule has 1 aliphatic rings. The summed E-state index contributed by atoms with van der Waals surface area (Å²) in [4.78, 5) is 7.23. The molecule has 0 amide bonds. The third-order valence-corrected chi connectivity index (χ3v) is 2.00. The second-order valence-corrected chi connectivity index (χ2v) is 2.83. The standard InChI is InChI=1S/C8H12N2O/c1-2-6-11-7(3-1)8-9-4-5-10-8/h4-5,7H,1-3,6H2,(H,9,10). The van der Waals surface area contributed by atoms with Gasteiger partial charge < -0.3 is 9.72 Å². The molecular formula is C8H12N2O. The lowest BCUT2D eigenvalue weighted by atomic mass is 10.1. The Hall–Kier alpha value is -0.830. The highest BCUT2D eigenvalue weighted by Gasteiger charge is 2.17. The maximum atomic E-state index is 5.53. The zero-order chi connectivity index (χ0) is 7.52. The van der Waals surface area contributed by atoms with Gasteiger partial charge >= 0.3 is 0 Å². The topological polar surface area (TPSA) is 37.9 Å². The summed E-state index contributed by atoms with van der Waals surface area (Å²) in [6.07, 6.45) is 7.38. The first-order chi connectivity index (χ1) is 5.47. The number of aromatic nitrogens is 2. The van der Waals surface area contributed by atoms with Crippen LogP contribution in [0.5, 0.6) is 0 Å². The van der Waals surface area contributed by atoms with Crippen molar-refractivity contribution in [2.45, 2.75) is 25.4 Å². The average molecular weight is 152 g/mol. The molecule has 1 atom stereocenters. The Balaban J connectivity index is 2.04. The molecule has 1 N–H and O–H groups in total. The maximum Gasteiger partial charge on any atom is 0.135 e. The SMILES string of the molecule is c1c[nH]c(C2CCCCO2)n1. The van der Waals surface area contributed by atoms with Crippen molar-refractivity contribution in [3.05, 3.63) is 18.2 Å². The number of ether oxygens (including phenoxy) is 1. The minimum Gasteiger partial charge on any atom is -0.370 e. The van der Waals surface area contributed by atoms with Crippen LogP contribution in [-0.4, -0.2) is 16.6 Å². The number of imidazole rings is 1. The van der Waals surface area contributed by atoms with E-state index in [9.17, 15) is 0 Å². The van der Waals surface area contributed by atoms with E-state index in [0.29, 0.717) is 0 Å². The first-order valence-electron chi connectivity index (χ1n) is 4.08. The predicted molar refractivity (Wildman–Crippen MR) is 41.1 cm³/mol. The summed E-state index contributed by atoms with van der Waals surface area (Å²) < 4.78 is 5.53. The Morgan fingerprint density at radius 3 is 3.18 bits per heavy atom. The summed E-state index contributed by atoms with van der Waals surface area (Å²) in [6.45, 7) is 0.880. The van der Waals surface area contributed by atoms with Crippen LogP contribution in [0, 0.1) is 0 Å².